The average Bonchev–Trinajstić information content (AvgIpc) is 3.03. The van der Waals surface area contributed by atoms with Gasteiger partial charge in [-0.1, -0.05) is 66.8 Å². The lowest BCUT2D eigenvalue weighted by Crippen LogP contribution is -2.53. The van der Waals surface area contributed by atoms with Crippen molar-refractivity contribution in [1.82, 2.24) is 10.2 Å². The molecule has 1 atom stereocenters. The summed E-state index contributed by atoms with van der Waals surface area (Å²) in [5.74, 6) is -0.243. The molecule has 1 aliphatic rings. The molecule has 3 aromatic carbocycles. The number of benzene rings is 3. The fourth-order valence-corrected chi connectivity index (χ4v) is 6.93. The van der Waals surface area contributed by atoms with Gasteiger partial charge in [0.15, 0.2) is 11.5 Å². The van der Waals surface area contributed by atoms with Crippen LogP contribution in [0, 0.1) is 6.92 Å². The smallest absolute Gasteiger partial charge is 0.264 e. The van der Waals surface area contributed by atoms with Gasteiger partial charge in [0.25, 0.3) is 10.0 Å². The number of hydrogen-bond acceptors (Lipinski definition) is 6. The van der Waals surface area contributed by atoms with E-state index < -0.39 is 28.5 Å². The Kier molecular flexibility index (Phi) is 11.2. The molecule has 1 N–H and O–H groups in total. The summed E-state index contributed by atoms with van der Waals surface area (Å²) < 4.78 is 40.1. The molecule has 1 aliphatic carbocycles. The van der Waals surface area contributed by atoms with Crippen molar-refractivity contribution in [3.8, 4) is 11.5 Å². The van der Waals surface area contributed by atoms with Crippen molar-refractivity contribution < 1.29 is 27.5 Å². The molecule has 9 nitrogen and oxygen atoms in total. The number of aryl methyl sites for hydroxylation is 1. The second-order valence-electron chi connectivity index (χ2n) is 11.0. The van der Waals surface area contributed by atoms with E-state index in [1.807, 2.05) is 6.92 Å². The second kappa shape index (κ2) is 14.8. The Balaban J connectivity index is 1.71. The van der Waals surface area contributed by atoms with Crippen LogP contribution in [0.5, 0.6) is 11.5 Å². The highest BCUT2D eigenvalue weighted by atomic mass is 35.5. The molecule has 0 unspecified atom stereocenters. The zero-order chi connectivity index (χ0) is 31.9. The fourth-order valence-electron chi connectivity index (χ4n) is 5.31. The molecule has 236 valence electrons. The number of ether oxygens (including phenoxy) is 2. The summed E-state index contributed by atoms with van der Waals surface area (Å²) in [6.45, 7) is 3.02. The van der Waals surface area contributed by atoms with Gasteiger partial charge in [0, 0.05) is 23.7 Å². The van der Waals surface area contributed by atoms with Gasteiger partial charge in [-0.3, -0.25) is 13.9 Å². The van der Waals surface area contributed by atoms with Crippen molar-refractivity contribution >= 4 is 39.1 Å². The van der Waals surface area contributed by atoms with Gasteiger partial charge < -0.3 is 19.7 Å². The molecular weight excluding hydrogens is 602 g/mol. The summed E-state index contributed by atoms with van der Waals surface area (Å²) in [5.41, 5.74) is 1.87. The predicted octanol–water partition coefficient (Wildman–Crippen LogP) is 5.73. The number of hydrogen-bond donors (Lipinski definition) is 1. The van der Waals surface area contributed by atoms with E-state index in [1.165, 1.54) is 37.3 Å². The minimum atomic E-state index is -4.28. The highest BCUT2D eigenvalue weighted by molar-refractivity contribution is 7.92. The van der Waals surface area contributed by atoms with E-state index in [0.29, 0.717) is 22.0 Å². The quantitative estimate of drug-likeness (QED) is 0.271. The van der Waals surface area contributed by atoms with Crippen LogP contribution in [0.1, 0.15) is 50.2 Å². The lowest BCUT2D eigenvalue weighted by molar-refractivity contribution is -0.139. The van der Waals surface area contributed by atoms with Crippen LogP contribution in [-0.2, 0) is 26.2 Å². The standard InChI is InChI=1S/C33H40ClN3O6S/c1-23-14-16-27(17-15-23)37(44(40,41)28-18-19-30(42-3)31(20-28)43-4)22-32(38)36(21-25-10-8-9-13-29(25)34)24(2)33(39)35-26-11-6-5-7-12-26/h8-10,13-20,24,26H,5-7,11-12,21-22H2,1-4H3,(H,35,39)/t24-/m0/s1. The van der Waals surface area contributed by atoms with Crippen molar-refractivity contribution in [3.63, 3.8) is 0 Å². The van der Waals surface area contributed by atoms with Crippen LogP contribution in [0.2, 0.25) is 5.02 Å². The Morgan fingerprint density at radius 2 is 1.61 bits per heavy atom. The minimum Gasteiger partial charge on any atom is -0.493 e. The molecule has 3 aromatic rings. The SMILES string of the molecule is COc1ccc(S(=O)(=O)N(CC(=O)N(Cc2ccccc2Cl)[C@@H](C)C(=O)NC2CCCCC2)c2ccc(C)cc2)cc1OC. The summed E-state index contributed by atoms with van der Waals surface area (Å²) >= 11 is 6.47. The highest BCUT2D eigenvalue weighted by Crippen LogP contribution is 2.32. The largest absolute Gasteiger partial charge is 0.493 e. The molecule has 0 saturated heterocycles. The van der Waals surface area contributed by atoms with Crippen molar-refractivity contribution in [3.05, 3.63) is 82.9 Å². The molecule has 0 bridgehead atoms. The molecule has 11 heteroatoms. The molecule has 0 heterocycles. The van der Waals surface area contributed by atoms with Crippen LogP contribution >= 0.6 is 11.6 Å². The first-order valence-corrected chi connectivity index (χ1v) is 16.5. The summed E-state index contributed by atoms with van der Waals surface area (Å²) in [6.07, 6.45) is 5.01. The second-order valence-corrected chi connectivity index (χ2v) is 13.3. The third-order valence-electron chi connectivity index (χ3n) is 7.96. The van der Waals surface area contributed by atoms with Crippen LogP contribution in [0.3, 0.4) is 0 Å². The van der Waals surface area contributed by atoms with Gasteiger partial charge in [-0.25, -0.2) is 8.42 Å². The Hall–Kier alpha value is -3.76. The summed E-state index contributed by atoms with van der Waals surface area (Å²) in [5, 5.41) is 3.54. The Morgan fingerprint density at radius 3 is 2.25 bits per heavy atom. The summed E-state index contributed by atoms with van der Waals surface area (Å²) in [6, 6.07) is 17.4. The Bertz CT molecular complexity index is 1560. The normalized spacial score (nSPS) is 14.4. The number of carbonyl (C=O) groups is 2. The van der Waals surface area contributed by atoms with E-state index in [9.17, 15) is 18.0 Å². The zero-order valence-corrected chi connectivity index (χ0v) is 27.2. The summed E-state index contributed by atoms with van der Waals surface area (Å²) in [4.78, 5) is 29.0. The molecule has 0 aliphatic heterocycles. The van der Waals surface area contributed by atoms with Crippen molar-refractivity contribution in [2.24, 2.45) is 0 Å². The fraction of sp³-hybridized carbons (Fsp3) is 0.394. The number of nitrogens with one attached hydrogen (secondary N) is 1. The van der Waals surface area contributed by atoms with E-state index in [-0.39, 0.29) is 29.1 Å². The maximum Gasteiger partial charge on any atom is 0.264 e. The number of carbonyl (C=O) groups excluding carboxylic acids is 2. The van der Waals surface area contributed by atoms with Crippen LogP contribution in [0.25, 0.3) is 0 Å². The van der Waals surface area contributed by atoms with Crippen LogP contribution in [0.15, 0.2) is 71.6 Å². The van der Waals surface area contributed by atoms with Crippen molar-refractivity contribution in [2.45, 2.75) is 69.5 Å². The molecule has 1 saturated carbocycles. The predicted molar refractivity (Wildman–Crippen MR) is 172 cm³/mol. The van der Waals surface area contributed by atoms with Gasteiger partial charge in [-0.05, 0) is 62.6 Å². The molecule has 1 fully saturated rings. The van der Waals surface area contributed by atoms with E-state index in [1.54, 1.807) is 55.5 Å². The van der Waals surface area contributed by atoms with E-state index in [2.05, 4.69) is 5.32 Å². The highest BCUT2D eigenvalue weighted by Gasteiger charge is 2.34. The number of amides is 2. The first-order chi connectivity index (χ1) is 21.0. The lowest BCUT2D eigenvalue weighted by atomic mass is 9.95. The molecule has 2 amide bonds. The zero-order valence-electron chi connectivity index (χ0n) is 25.6. The topological polar surface area (TPSA) is 105 Å². The van der Waals surface area contributed by atoms with Gasteiger partial charge in [0.2, 0.25) is 11.8 Å². The average molecular weight is 642 g/mol. The number of anilines is 1. The number of methoxy groups -OCH3 is 2. The van der Waals surface area contributed by atoms with Gasteiger partial charge in [0.05, 0.1) is 24.8 Å². The van der Waals surface area contributed by atoms with Gasteiger partial charge in [0.1, 0.15) is 12.6 Å². The molecular formula is C33H40ClN3O6S. The lowest BCUT2D eigenvalue weighted by Gasteiger charge is -2.33. The minimum absolute atomic E-state index is 0.0237. The van der Waals surface area contributed by atoms with Crippen LogP contribution in [0.4, 0.5) is 5.69 Å². The Labute approximate surface area is 265 Å². The van der Waals surface area contributed by atoms with Gasteiger partial charge >= 0.3 is 0 Å². The Morgan fingerprint density at radius 1 is 0.955 bits per heavy atom. The first-order valence-electron chi connectivity index (χ1n) is 14.7. The number of sulfonamides is 1. The third kappa shape index (κ3) is 7.84. The van der Waals surface area contributed by atoms with Gasteiger partial charge in [-0.2, -0.15) is 0 Å². The maximum atomic E-state index is 14.2. The molecule has 4 rings (SSSR count). The van der Waals surface area contributed by atoms with E-state index in [4.69, 9.17) is 21.1 Å². The number of nitrogens with zero attached hydrogens (tertiary/aromatic N) is 2. The monoisotopic (exact) mass is 641 g/mol. The maximum absolute atomic E-state index is 14.2. The molecule has 0 spiro atoms. The van der Waals surface area contributed by atoms with E-state index in [0.717, 1.165) is 42.0 Å². The first kappa shape index (κ1) is 33.1. The third-order valence-corrected chi connectivity index (χ3v) is 10.1. The number of rotatable bonds is 12. The molecule has 0 aromatic heterocycles. The van der Waals surface area contributed by atoms with Crippen LogP contribution < -0.4 is 19.1 Å². The molecule has 44 heavy (non-hydrogen) atoms. The summed E-state index contributed by atoms with van der Waals surface area (Å²) in [7, 11) is -1.40. The number of halogens is 1. The van der Waals surface area contributed by atoms with Crippen LogP contribution in [-0.4, -0.2) is 58.0 Å². The van der Waals surface area contributed by atoms with Crippen molar-refractivity contribution in [2.75, 3.05) is 25.1 Å². The van der Waals surface area contributed by atoms with Crippen molar-refractivity contribution in [1.29, 1.82) is 0 Å². The van der Waals surface area contributed by atoms with E-state index >= 15 is 0 Å². The molecule has 0 radical (unpaired) electrons. The van der Waals surface area contributed by atoms with Gasteiger partial charge in [-0.15, -0.1) is 0 Å².